The van der Waals surface area contributed by atoms with Crippen molar-refractivity contribution in [2.45, 2.75) is 6.43 Å². The predicted molar refractivity (Wildman–Crippen MR) is 77.1 cm³/mol. The summed E-state index contributed by atoms with van der Waals surface area (Å²) in [6, 6.07) is 2.73. The van der Waals surface area contributed by atoms with Gasteiger partial charge in [-0.05, 0) is 6.07 Å². The number of amides is 1. The van der Waals surface area contributed by atoms with E-state index in [4.69, 9.17) is 5.11 Å². The summed E-state index contributed by atoms with van der Waals surface area (Å²) < 4.78 is 27.7. The first-order chi connectivity index (χ1) is 11.5. The molecule has 10 heteroatoms. The summed E-state index contributed by atoms with van der Waals surface area (Å²) in [5, 5.41) is 15.1. The number of carbonyl (C=O) groups excluding carboxylic acids is 1. The van der Waals surface area contributed by atoms with Gasteiger partial charge < -0.3 is 10.4 Å². The Balaban J connectivity index is 1.96. The molecule has 1 amide bonds. The third kappa shape index (κ3) is 2.76. The van der Waals surface area contributed by atoms with Gasteiger partial charge in [0, 0.05) is 24.7 Å². The molecule has 0 radical (unpaired) electrons. The van der Waals surface area contributed by atoms with Crippen LogP contribution in [0.1, 0.15) is 32.8 Å². The number of alkyl halides is 2. The topological polar surface area (TPSA) is 109 Å². The van der Waals surface area contributed by atoms with Gasteiger partial charge in [-0.25, -0.2) is 28.1 Å². The van der Waals surface area contributed by atoms with Crippen LogP contribution in [0.4, 0.5) is 14.5 Å². The van der Waals surface area contributed by atoms with Crippen molar-refractivity contribution in [3.05, 3.63) is 53.7 Å². The standard InChI is InChI=1S/C14H9F2N5O3/c15-12(16)10-8(1-3-17-11(10)14(23)24)20-13(22)7-5-18-9-2-4-19-21(9)6-7/h1-6,12H,(H,23,24)(H,17,20,22). The Kier molecular flexibility index (Phi) is 3.86. The van der Waals surface area contributed by atoms with Crippen LogP contribution in [0.3, 0.4) is 0 Å². The van der Waals surface area contributed by atoms with Gasteiger partial charge in [-0.3, -0.25) is 4.79 Å². The lowest BCUT2D eigenvalue weighted by Gasteiger charge is -2.12. The molecule has 3 aromatic rings. The Morgan fingerprint density at radius 1 is 1.21 bits per heavy atom. The summed E-state index contributed by atoms with van der Waals surface area (Å²) in [6.45, 7) is 0. The van der Waals surface area contributed by atoms with Gasteiger partial charge in [0.05, 0.1) is 23.0 Å². The third-order valence-electron chi connectivity index (χ3n) is 3.17. The highest BCUT2D eigenvalue weighted by molar-refractivity contribution is 6.05. The number of carboxylic acid groups (broad SMARTS) is 1. The van der Waals surface area contributed by atoms with Crippen molar-refractivity contribution in [3.63, 3.8) is 0 Å². The molecule has 0 aromatic carbocycles. The minimum atomic E-state index is -3.12. The van der Waals surface area contributed by atoms with Crippen LogP contribution in [0.25, 0.3) is 5.65 Å². The molecule has 0 saturated heterocycles. The summed E-state index contributed by atoms with van der Waals surface area (Å²) in [5.41, 5.74) is -1.42. The average Bonchev–Trinajstić information content (AvgIpc) is 3.01. The van der Waals surface area contributed by atoms with E-state index in [1.54, 1.807) is 6.07 Å². The number of carboxylic acids is 1. The molecule has 0 atom stereocenters. The lowest BCUT2D eigenvalue weighted by molar-refractivity contribution is 0.0677. The van der Waals surface area contributed by atoms with Crippen molar-refractivity contribution >= 4 is 23.2 Å². The number of rotatable bonds is 4. The quantitative estimate of drug-likeness (QED) is 0.756. The van der Waals surface area contributed by atoms with Crippen molar-refractivity contribution in [2.24, 2.45) is 0 Å². The molecule has 3 aromatic heterocycles. The summed E-state index contributed by atoms with van der Waals surface area (Å²) in [5.74, 6) is -2.34. The molecule has 0 aliphatic rings. The first-order valence-electron chi connectivity index (χ1n) is 6.58. The number of anilines is 1. The highest BCUT2D eigenvalue weighted by atomic mass is 19.3. The van der Waals surface area contributed by atoms with E-state index in [0.717, 1.165) is 12.3 Å². The van der Waals surface area contributed by atoms with Crippen LogP contribution >= 0.6 is 0 Å². The second-order valence-electron chi connectivity index (χ2n) is 4.66. The average molecular weight is 333 g/mol. The van der Waals surface area contributed by atoms with Crippen LogP contribution in [0, 0.1) is 0 Å². The van der Waals surface area contributed by atoms with Crippen molar-refractivity contribution in [3.8, 4) is 0 Å². The van der Waals surface area contributed by atoms with Crippen LogP contribution in [0.2, 0.25) is 0 Å². The Bertz CT molecular complexity index is 941. The number of aromatic carboxylic acids is 1. The van der Waals surface area contributed by atoms with E-state index in [-0.39, 0.29) is 11.3 Å². The molecular formula is C14H9F2N5O3. The Morgan fingerprint density at radius 2 is 2.00 bits per heavy atom. The van der Waals surface area contributed by atoms with Crippen LogP contribution in [0.5, 0.6) is 0 Å². The first-order valence-corrected chi connectivity index (χ1v) is 6.58. The lowest BCUT2D eigenvalue weighted by atomic mass is 10.1. The number of aromatic nitrogens is 4. The second-order valence-corrected chi connectivity index (χ2v) is 4.66. The number of halogens is 2. The summed E-state index contributed by atoms with van der Waals surface area (Å²) in [7, 11) is 0. The molecule has 24 heavy (non-hydrogen) atoms. The van der Waals surface area contributed by atoms with Crippen LogP contribution < -0.4 is 5.32 Å². The molecule has 0 unspecified atom stereocenters. The molecule has 0 bridgehead atoms. The Morgan fingerprint density at radius 3 is 2.71 bits per heavy atom. The molecule has 122 valence electrons. The molecule has 0 aliphatic carbocycles. The summed E-state index contributed by atoms with van der Waals surface area (Å²) in [4.78, 5) is 30.7. The van der Waals surface area contributed by atoms with E-state index in [1.807, 2.05) is 0 Å². The Hall–Kier alpha value is -3.43. The Labute approximate surface area is 132 Å². The number of nitrogens with one attached hydrogen (secondary N) is 1. The molecule has 2 N–H and O–H groups in total. The monoisotopic (exact) mass is 333 g/mol. The van der Waals surface area contributed by atoms with E-state index in [2.05, 4.69) is 20.4 Å². The molecular weight excluding hydrogens is 324 g/mol. The predicted octanol–water partition coefficient (Wildman–Crippen LogP) is 2.01. The number of hydrogen-bond donors (Lipinski definition) is 2. The molecule has 0 aliphatic heterocycles. The van der Waals surface area contributed by atoms with E-state index < -0.39 is 29.6 Å². The zero-order chi connectivity index (χ0) is 17.3. The molecule has 8 nitrogen and oxygen atoms in total. The van der Waals surface area contributed by atoms with Crippen molar-refractivity contribution < 1.29 is 23.5 Å². The van der Waals surface area contributed by atoms with Gasteiger partial charge in [0.1, 0.15) is 0 Å². The molecule has 0 fully saturated rings. The smallest absolute Gasteiger partial charge is 0.355 e. The number of carbonyl (C=O) groups is 2. The summed E-state index contributed by atoms with van der Waals surface area (Å²) in [6.07, 6.45) is 2.03. The summed E-state index contributed by atoms with van der Waals surface area (Å²) >= 11 is 0. The highest BCUT2D eigenvalue weighted by Gasteiger charge is 2.24. The first kappa shape index (κ1) is 15.5. The van der Waals surface area contributed by atoms with Gasteiger partial charge >= 0.3 is 5.97 Å². The van der Waals surface area contributed by atoms with Gasteiger partial charge in [0.15, 0.2) is 11.3 Å². The van der Waals surface area contributed by atoms with E-state index >= 15 is 0 Å². The number of hydrogen-bond acceptors (Lipinski definition) is 5. The minimum Gasteiger partial charge on any atom is -0.476 e. The fourth-order valence-electron chi connectivity index (χ4n) is 2.10. The highest BCUT2D eigenvalue weighted by Crippen LogP contribution is 2.29. The van der Waals surface area contributed by atoms with Crippen LogP contribution in [0.15, 0.2) is 36.9 Å². The zero-order valence-corrected chi connectivity index (χ0v) is 11.8. The second kappa shape index (κ2) is 5.99. The van der Waals surface area contributed by atoms with Crippen LogP contribution in [-0.4, -0.2) is 36.6 Å². The number of pyridine rings is 1. The minimum absolute atomic E-state index is 0.0695. The largest absolute Gasteiger partial charge is 0.476 e. The van der Waals surface area contributed by atoms with Gasteiger partial charge in [0.2, 0.25) is 0 Å². The maximum absolute atomic E-state index is 13.2. The van der Waals surface area contributed by atoms with Crippen LogP contribution in [-0.2, 0) is 0 Å². The molecule has 0 spiro atoms. The van der Waals surface area contributed by atoms with E-state index in [1.165, 1.54) is 23.1 Å². The van der Waals surface area contributed by atoms with Gasteiger partial charge in [-0.15, -0.1) is 0 Å². The zero-order valence-electron chi connectivity index (χ0n) is 11.8. The van der Waals surface area contributed by atoms with Crippen molar-refractivity contribution in [1.82, 2.24) is 19.6 Å². The van der Waals surface area contributed by atoms with Gasteiger partial charge in [-0.1, -0.05) is 0 Å². The molecule has 3 rings (SSSR count). The maximum atomic E-state index is 13.2. The molecule has 0 saturated carbocycles. The third-order valence-corrected chi connectivity index (χ3v) is 3.17. The number of nitrogens with zero attached hydrogens (tertiary/aromatic N) is 4. The maximum Gasteiger partial charge on any atom is 0.355 e. The molecule has 3 heterocycles. The SMILES string of the molecule is O=C(Nc1ccnc(C(=O)O)c1C(F)F)c1cnc2ccnn2c1. The fraction of sp³-hybridized carbons (Fsp3) is 0.0714. The van der Waals surface area contributed by atoms with Crippen molar-refractivity contribution in [2.75, 3.05) is 5.32 Å². The normalized spacial score (nSPS) is 11.0. The van der Waals surface area contributed by atoms with Gasteiger partial charge in [-0.2, -0.15) is 5.10 Å². The van der Waals surface area contributed by atoms with E-state index in [9.17, 15) is 18.4 Å². The van der Waals surface area contributed by atoms with Gasteiger partial charge in [0.25, 0.3) is 12.3 Å². The van der Waals surface area contributed by atoms with E-state index in [0.29, 0.717) is 5.65 Å². The van der Waals surface area contributed by atoms with Crippen molar-refractivity contribution in [1.29, 1.82) is 0 Å². The lowest BCUT2D eigenvalue weighted by Crippen LogP contribution is -2.17. The number of fused-ring (bicyclic) bond motifs is 1. The fourth-order valence-corrected chi connectivity index (χ4v) is 2.10.